The van der Waals surface area contributed by atoms with Crippen LogP contribution in [0.1, 0.15) is 46.3 Å². The fraction of sp³-hybridized carbons (Fsp3) is 0.455. The van der Waals surface area contributed by atoms with Gasteiger partial charge in [0.05, 0.1) is 29.1 Å². The number of rotatable bonds is 5. The number of halogens is 2. The number of hydrogen-bond acceptors (Lipinski definition) is 5. The second-order valence-corrected chi connectivity index (χ2v) is 8.77. The number of carbonyl (C=O) groups excluding carboxylic acids is 3. The molecule has 2 amide bonds. The van der Waals surface area contributed by atoms with E-state index < -0.39 is 0 Å². The Morgan fingerprint density at radius 2 is 1.97 bits per heavy atom. The summed E-state index contributed by atoms with van der Waals surface area (Å²) in [4.78, 5) is 41.5. The lowest BCUT2D eigenvalue weighted by Crippen LogP contribution is -2.43. The van der Waals surface area contributed by atoms with Gasteiger partial charge in [-0.15, -0.1) is 0 Å². The molecule has 0 aliphatic carbocycles. The fourth-order valence-corrected chi connectivity index (χ4v) is 4.45. The summed E-state index contributed by atoms with van der Waals surface area (Å²) in [5.74, 6) is -1.07. The van der Waals surface area contributed by atoms with E-state index in [0.717, 1.165) is 12.0 Å². The summed E-state index contributed by atoms with van der Waals surface area (Å²) in [6.07, 6.45) is 1.42. The van der Waals surface area contributed by atoms with Crippen LogP contribution in [0, 0.1) is 5.92 Å². The highest BCUT2D eigenvalue weighted by Crippen LogP contribution is 2.25. The van der Waals surface area contributed by atoms with E-state index in [2.05, 4.69) is 5.10 Å². The lowest BCUT2D eigenvalue weighted by Gasteiger charge is -2.31. The molecule has 0 unspecified atom stereocenters. The Bertz CT molecular complexity index is 1050. The molecule has 4 rings (SSSR count). The van der Waals surface area contributed by atoms with Crippen molar-refractivity contribution in [3.05, 3.63) is 51.3 Å². The molecule has 0 N–H and O–H groups in total. The Balaban J connectivity index is 1.46. The van der Waals surface area contributed by atoms with Crippen LogP contribution in [0.25, 0.3) is 0 Å². The first-order valence-corrected chi connectivity index (χ1v) is 11.4. The van der Waals surface area contributed by atoms with Crippen molar-refractivity contribution in [2.24, 2.45) is 5.92 Å². The number of nitrogens with zero attached hydrogens (tertiary/aromatic N) is 4. The van der Waals surface area contributed by atoms with Crippen molar-refractivity contribution >= 4 is 41.0 Å². The molecule has 0 spiro atoms. The van der Waals surface area contributed by atoms with Crippen molar-refractivity contribution in [3.63, 3.8) is 0 Å². The van der Waals surface area contributed by atoms with E-state index in [4.69, 9.17) is 27.9 Å². The third kappa shape index (κ3) is 4.61. The first-order chi connectivity index (χ1) is 15.4. The molecule has 2 aromatic rings. The number of aromatic nitrogens is 2. The molecule has 1 saturated heterocycles. The van der Waals surface area contributed by atoms with Crippen LogP contribution in [0.5, 0.6) is 0 Å². The van der Waals surface area contributed by atoms with Crippen molar-refractivity contribution in [1.29, 1.82) is 0 Å². The summed E-state index contributed by atoms with van der Waals surface area (Å²) in [6, 6.07) is 6.82. The summed E-state index contributed by atoms with van der Waals surface area (Å²) in [6.45, 7) is 4.28. The van der Waals surface area contributed by atoms with E-state index >= 15 is 0 Å². The molecule has 3 heterocycles. The van der Waals surface area contributed by atoms with Gasteiger partial charge in [-0.1, -0.05) is 29.3 Å². The zero-order valence-electron chi connectivity index (χ0n) is 17.7. The first kappa shape index (κ1) is 22.6. The van der Waals surface area contributed by atoms with Gasteiger partial charge in [-0.2, -0.15) is 5.10 Å². The Morgan fingerprint density at radius 1 is 1.16 bits per heavy atom. The predicted molar refractivity (Wildman–Crippen MR) is 119 cm³/mol. The summed E-state index contributed by atoms with van der Waals surface area (Å²) in [7, 11) is 0. The number of carbonyl (C=O) groups is 3. The number of fused-ring (bicyclic) bond motifs is 1. The van der Waals surface area contributed by atoms with Gasteiger partial charge < -0.3 is 14.5 Å². The maximum Gasteiger partial charge on any atom is 0.310 e. The second kappa shape index (κ2) is 9.50. The number of benzene rings is 1. The number of hydrogen-bond donors (Lipinski definition) is 0. The molecule has 0 radical (unpaired) electrons. The normalized spacial score (nSPS) is 18.5. The van der Waals surface area contributed by atoms with Gasteiger partial charge in [0.25, 0.3) is 11.8 Å². The molecule has 0 saturated carbocycles. The highest BCUT2D eigenvalue weighted by atomic mass is 35.5. The van der Waals surface area contributed by atoms with Crippen LogP contribution in [0.4, 0.5) is 0 Å². The second-order valence-electron chi connectivity index (χ2n) is 7.96. The molecule has 170 valence electrons. The van der Waals surface area contributed by atoms with Crippen molar-refractivity contribution in [2.45, 2.75) is 32.9 Å². The predicted octanol–water partition coefficient (Wildman–Crippen LogP) is 3.26. The summed E-state index contributed by atoms with van der Waals surface area (Å²) in [5, 5.41) is 5.27. The topological polar surface area (TPSA) is 84.7 Å². The minimum atomic E-state index is -0.326. The number of piperidine rings is 1. The minimum absolute atomic E-state index is 0.197. The standard InChI is InChI=1S/C22H24Cl2N4O4/c1-2-32-22(31)15-4-3-7-26(13-15)20(29)18-11-19-21(30)27(8-9-28(19)25-18)12-14-5-6-16(23)17(24)10-14/h5-6,10-11,15H,2-4,7-9,12-13H2,1H3/t15-/m0/s1. The molecule has 0 bridgehead atoms. The van der Waals surface area contributed by atoms with E-state index in [0.29, 0.717) is 61.5 Å². The maximum atomic E-state index is 13.0. The Hall–Kier alpha value is -2.58. The van der Waals surface area contributed by atoms with Crippen LogP contribution in [0.15, 0.2) is 24.3 Å². The average Bonchev–Trinajstić information content (AvgIpc) is 3.23. The van der Waals surface area contributed by atoms with E-state index in [9.17, 15) is 14.4 Å². The molecule has 1 aromatic carbocycles. The quantitative estimate of drug-likeness (QED) is 0.615. The van der Waals surface area contributed by atoms with E-state index in [-0.39, 0.29) is 29.4 Å². The van der Waals surface area contributed by atoms with Crippen LogP contribution in [-0.4, -0.2) is 63.6 Å². The van der Waals surface area contributed by atoms with Crippen molar-refractivity contribution in [3.8, 4) is 0 Å². The van der Waals surface area contributed by atoms with Crippen molar-refractivity contribution in [2.75, 3.05) is 26.2 Å². The van der Waals surface area contributed by atoms with Gasteiger partial charge in [-0.3, -0.25) is 19.1 Å². The average molecular weight is 479 g/mol. The number of likely N-dealkylation sites (tertiary alicyclic amines) is 1. The van der Waals surface area contributed by atoms with Crippen LogP contribution >= 0.6 is 23.2 Å². The van der Waals surface area contributed by atoms with Crippen LogP contribution in [0.2, 0.25) is 10.0 Å². The Morgan fingerprint density at radius 3 is 2.72 bits per heavy atom. The van der Waals surface area contributed by atoms with Gasteiger partial charge in [0.15, 0.2) is 5.69 Å². The minimum Gasteiger partial charge on any atom is -0.466 e. The summed E-state index contributed by atoms with van der Waals surface area (Å²) >= 11 is 12.1. The highest BCUT2D eigenvalue weighted by Gasteiger charge is 2.33. The highest BCUT2D eigenvalue weighted by molar-refractivity contribution is 6.42. The van der Waals surface area contributed by atoms with Gasteiger partial charge >= 0.3 is 5.97 Å². The number of ether oxygens (including phenoxy) is 1. The van der Waals surface area contributed by atoms with Gasteiger partial charge in [0, 0.05) is 32.2 Å². The molecule has 32 heavy (non-hydrogen) atoms. The number of esters is 1. The maximum absolute atomic E-state index is 13.0. The number of amides is 2. The van der Waals surface area contributed by atoms with Crippen molar-refractivity contribution in [1.82, 2.24) is 19.6 Å². The monoisotopic (exact) mass is 478 g/mol. The lowest BCUT2D eigenvalue weighted by molar-refractivity contribution is -0.149. The zero-order chi connectivity index (χ0) is 22.8. The molecule has 2 aliphatic heterocycles. The molecular formula is C22H24Cl2N4O4. The first-order valence-electron chi connectivity index (χ1n) is 10.6. The Kier molecular flexibility index (Phi) is 6.71. The van der Waals surface area contributed by atoms with Gasteiger partial charge in [-0.25, -0.2) is 0 Å². The Labute approximate surface area is 196 Å². The van der Waals surface area contributed by atoms with E-state index in [1.165, 1.54) is 0 Å². The summed E-state index contributed by atoms with van der Waals surface area (Å²) in [5.41, 5.74) is 1.46. The van der Waals surface area contributed by atoms with Gasteiger partial charge in [0.2, 0.25) is 0 Å². The zero-order valence-corrected chi connectivity index (χ0v) is 19.2. The molecule has 1 atom stereocenters. The summed E-state index contributed by atoms with van der Waals surface area (Å²) < 4.78 is 6.68. The molecule has 2 aliphatic rings. The third-order valence-corrected chi connectivity index (χ3v) is 6.51. The van der Waals surface area contributed by atoms with Crippen LogP contribution in [0.3, 0.4) is 0 Å². The van der Waals surface area contributed by atoms with Crippen LogP contribution in [-0.2, 0) is 22.6 Å². The van der Waals surface area contributed by atoms with Gasteiger partial charge in [-0.05, 0) is 37.5 Å². The van der Waals surface area contributed by atoms with E-state index in [1.807, 2.05) is 6.07 Å². The smallest absolute Gasteiger partial charge is 0.310 e. The van der Waals surface area contributed by atoms with E-state index in [1.54, 1.807) is 39.6 Å². The molecule has 8 nitrogen and oxygen atoms in total. The lowest BCUT2D eigenvalue weighted by atomic mass is 9.98. The largest absolute Gasteiger partial charge is 0.466 e. The third-order valence-electron chi connectivity index (χ3n) is 5.77. The molecule has 1 fully saturated rings. The van der Waals surface area contributed by atoms with Crippen LogP contribution < -0.4 is 0 Å². The fourth-order valence-electron chi connectivity index (χ4n) is 4.13. The SMILES string of the molecule is CCOC(=O)[C@H]1CCCN(C(=O)c2cc3n(n2)CCN(Cc2ccc(Cl)c(Cl)c2)C3=O)C1. The van der Waals surface area contributed by atoms with Gasteiger partial charge in [0.1, 0.15) is 5.69 Å². The molecule has 10 heteroatoms. The molecule has 1 aromatic heterocycles. The van der Waals surface area contributed by atoms with Crippen molar-refractivity contribution < 1.29 is 19.1 Å². The molecular weight excluding hydrogens is 455 g/mol.